The first-order valence-electron chi connectivity index (χ1n) is 10.1. The lowest BCUT2D eigenvalue weighted by molar-refractivity contribution is 0.0390. The van der Waals surface area contributed by atoms with Crippen molar-refractivity contribution in [1.29, 1.82) is 0 Å². The monoisotopic (exact) mass is 359 g/mol. The molecule has 4 nitrogen and oxygen atoms in total. The number of piperidine rings is 1. The van der Waals surface area contributed by atoms with Crippen LogP contribution in [-0.2, 0) is 0 Å². The molecule has 2 atom stereocenters. The Morgan fingerprint density at radius 1 is 0.926 bits per heavy atom. The topological polar surface area (TPSA) is 38.1 Å². The summed E-state index contributed by atoms with van der Waals surface area (Å²) in [5, 5.41) is 0. The van der Waals surface area contributed by atoms with E-state index in [2.05, 4.69) is 20.5 Å². The number of imidazole rings is 1. The highest BCUT2D eigenvalue weighted by molar-refractivity contribution is 5.94. The maximum atomic E-state index is 13.2. The summed E-state index contributed by atoms with van der Waals surface area (Å²) >= 11 is 0. The van der Waals surface area contributed by atoms with Crippen molar-refractivity contribution in [2.75, 3.05) is 6.54 Å². The molecule has 4 heteroatoms. The minimum absolute atomic E-state index is 0.202. The van der Waals surface area contributed by atoms with Gasteiger partial charge in [0, 0.05) is 23.8 Å². The Morgan fingerprint density at radius 2 is 1.70 bits per heavy atom. The second-order valence-corrected chi connectivity index (χ2v) is 7.90. The van der Waals surface area contributed by atoms with Crippen LogP contribution in [0.25, 0.3) is 16.7 Å². The van der Waals surface area contributed by atoms with Crippen LogP contribution < -0.4 is 0 Å². The van der Waals surface area contributed by atoms with Crippen molar-refractivity contribution in [3.05, 3.63) is 60.4 Å². The first-order chi connectivity index (χ1) is 13.3. The zero-order valence-corrected chi connectivity index (χ0v) is 15.6. The van der Waals surface area contributed by atoms with Crippen molar-refractivity contribution < 1.29 is 4.79 Å². The lowest BCUT2D eigenvalue weighted by Gasteiger charge is -2.44. The summed E-state index contributed by atoms with van der Waals surface area (Å²) in [6.07, 6.45) is 9.34. The average Bonchev–Trinajstić information content (AvgIpc) is 3.17. The fourth-order valence-electron chi connectivity index (χ4n) is 4.97. The Balaban J connectivity index is 1.40. The van der Waals surface area contributed by atoms with Gasteiger partial charge in [-0.25, -0.2) is 4.98 Å². The minimum atomic E-state index is 0.202. The van der Waals surface area contributed by atoms with Gasteiger partial charge in [-0.1, -0.05) is 25.0 Å². The molecule has 1 aromatic heterocycles. The molecule has 2 aromatic carbocycles. The van der Waals surface area contributed by atoms with E-state index in [9.17, 15) is 4.79 Å². The zero-order chi connectivity index (χ0) is 18.2. The molecule has 5 rings (SSSR count). The van der Waals surface area contributed by atoms with E-state index in [1.54, 1.807) is 0 Å². The number of fused-ring (bicyclic) bond motifs is 2. The second-order valence-electron chi connectivity index (χ2n) is 7.90. The van der Waals surface area contributed by atoms with E-state index in [0.717, 1.165) is 35.2 Å². The molecule has 1 aliphatic heterocycles. The summed E-state index contributed by atoms with van der Waals surface area (Å²) in [6, 6.07) is 16.6. The number of amides is 1. The number of hydrogen-bond acceptors (Lipinski definition) is 2. The average molecular weight is 359 g/mol. The maximum Gasteiger partial charge on any atom is 0.254 e. The van der Waals surface area contributed by atoms with Gasteiger partial charge in [0.2, 0.25) is 0 Å². The first-order valence-corrected chi connectivity index (χ1v) is 10.1. The molecule has 0 bridgehead atoms. The van der Waals surface area contributed by atoms with E-state index in [4.69, 9.17) is 0 Å². The van der Waals surface area contributed by atoms with Gasteiger partial charge in [0.25, 0.3) is 5.91 Å². The van der Waals surface area contributed by atoms with Gasteiger partial charge in [0.05, 0.1) is 11.0 Å². The van der Waals surface area contributed by atoms with Gasteiger partial charge >= 0.3 is 0 Å². The number of nitrogens with zero attached hydrogens (tertiary/aromatic N) is 3. The summed E-state index contributed by atoms with van der Waals surface area (Å²) in [7, 11) is 0. The van der Waals surface area contributed by atoms with Crippen LogP contribution in [0.3, 0.4) is 0 Å². The standard InChI is InChI=1S/C23H25N3O/c27-23(25-15-5-7-17-6-1-3-9-21(17)25)18-11-13-19(14-12-18)26-16-24-20-8-2-4-10-22(20)26/h2,4,8,10-14,16-17,21H,1,3,5-7,9,15H2/t17-,21-/m1/s1. The Bertz CT molecular complexity index is 957. The van der Waals surface area contributed by atoms with Crippen LogP contribution in [0.2, 0.25) is 0 Å². The van der Waals surface area contributed by atoms with Gasteiger partial charge < -0.3 is 4.90 Å². The van der Waals surface area contributed by atoms with Crippen molar-refractivity contribution in [2.45, 2.75) is 44.6 Å². The lowest BCUT2D eigenvalue weighted by Crippen LogP contribution is -2.49. The van der Waals surface area contributed by atoms with Crippen molar-refractivity contribution in [3.63, 3.8) is 0 Å². The van der Waals surface area contributed by atoms with Gasteiger partial charge in [0.15, 0.2) is 0 Å². The number of carbonyl (C=O) groups excluding carboxylic acids is 1. The Labute approximate surface area is 159 Å². The van der Waals surface area contributed by atoms with Crippen LogP contribution in [0.5, 0.6) is 0 Å². The fraction of sp³-hybridized carbons (Fsp3) is 0.391. The predicted octanol–water partition coefficient (Wildman–Crippen LogP) is 4.82. The quantitative estimate of drug-likeness (QED) is 0.658. The molecule has 3 aromatic rings. The van der Waals surface area contributed by atoms with Crippen molar-refractivity contribution in [2.24, 2.45) is 5.92 Å². The van der Waals surface area contributed by atoms with E-state index >= 15 is 0 Å². The van der Waals surface area contributed by atoms with Crippen molar-refractivity contribution in [3.8, 4) is 5.69 Å². The molecule has 1 aliphatic carbocycles. The second kappa shape index (κ2) is 6.84. The number of hydrogen-bond donors (Lipinski definition) is 0. The normalized spacial score (nSPS) is 22.6. The van der Waals surface area contributed by atoms with Gasteiger partial charge in [0.1, 0.15) is 6.33 Å². The molecule has 1 amide bonds. The first kappa shape index (κ1) is 16.5. The minimum Gasteiger partial charge on any atom is -0.335 e. The third-order valence-corrected chi connectivity index (χ3v) is 6.35. The molecule has 2 fully saturated rings. The van der Waals surface area contributed by atoms with Crippen molar-refractivity contribution >= 4 is 16.9 Å². The largest absolute Gasteiger partial charge is 0.335 e. The number of carbonyl (C=O) groups is 1. The van der Waals surface area contributed by atoms with E-state index in [-0.39, 0.29) is 5.91 Å². The molecule has 0 N–H and O–H groups in total. The zero-order valence-electron chi connectivity index (χ0n) is 15.6. The molecule has 1 saturated heterocycles. The fourth-order valence-corrected chi connectivity index (χ4v) is 4.97. The Hall–Kier alpha value is -2.62. The van der Waals surface area contributed by atoms with Crippen LogP contribution in [0.4, 0.5) is 0 Å². The smallest absolute Gasteiger partial charge is 0.254 e. The number of aromatic nitrogens is 2. The van der Waals surface area contributed by atoms with Crippen LogP contribution in [0.1, 0.15) is 48.9 Å². The number of rotatable bonds is 2. The van der Waals surface area contributed by atoms with Gasteiger partial charge in [-0.15, -0.1) is 0 Å². The van der Waals surface area contributed by atoms with Crippen LogP contribution >= 0.6 is 0 Å². The summed E-state index contributed by atoms with van der Waals surface area (Å²) in [5.41, 5.74) is 3.90. The third-order valence-electron chi connectivity index (χ3n) is 6.35. The summed E-state index contributed by atoms with van der Waals surface area (Å²) in [5.74, 6) is 0.918. The molecule has 0 unspecified atom stereocenters. The molecule has 138 valence electrons. The third kappa shape index (κ3) is 2.93. The summed E-state index contributed by atoms with van der Waals surface area (Å²) < 4.78 is 2.07. The SMILES string of the molecule is O=C(c1ccc(-n2cnc3ccccc32)cc1)N1CCC[C@H]2CCCC[C@H]21. The van der Waals surface area contributed by atoms with Crippen LogP contribution in [0.15, 0.2) is 54.9 Å². The molecule has 0 radical (unpaired) electrons. The molecular formula is C23H25N3O. The summed E-state index contributed by atoms with van der Waals surface area (Å²) in [6.45, 7) is 0.911. The Morgan fingerprint density at radius 3 is 2.59 bits per heavy atom. The maximum absolute atomic E-state index is 13.2. The van der Waals surface area contributed by atoms with E-state index in [1.807, 2.05) is 48.8 Å². The van der Waals surface area contributed by atoms with Gasteiger partial charge in [-0.05, 0) is 68.0 Å². The lowest BCUT2D eigenvalue weighted by atomic mass is 9.78. The van der Waals surface area contributed by atoms with E-state index in [1.165, 1.54) is 32.1 Å². The highest BCUT2D eigenvalue weighted by Crippen LogP contribution is 2.36. The Kier molecular flexibility index (Phi) is 4.19. The number of para-hydroxylation sites is 2. The van der Waals surface area contributed by atoms with Crippen LogP contribution in [-0.4, -0.2) is 32.9 Å². The molecule has 2 heterocycles. The highest BCUT2D eigenvalue weighted by Gasteiger charge is 2.35. The molecule has 1 saturated carbocycles. The number of benzene rings is 2. The predicted molar refractivity (Wildman–Crippen MR) is 107 cm³/mol. The molecule has 2 aliphatic rings. The van der Waals surface area contributed by atoms with Gasteiger partial charge in [-0.2, -0.15) is 0 Å². The highest BCUT2D eigenvalue weighted by atomic mass is 16.2. The van der Waals surface area contributed by atoms with Gasteiger partial charge in [-0.3, -0.25) is 9.36 Å². The van der Waals surface area contributed by atoms with E-state index < -0.39 is 0 Å². The molecular weight excluding hydrogens is 334 g/mol. The molecule has 0 spiro atoms. The van der Waals surface area contributed by atoms with E-state index in [0.29, 0.717) is 12.0 Å². The van der Waals surface area contributed by atoms with Crippen LogP contribution in [0, 0.1) is 5.92 Å². The number of likely N-dealkylation sites (tertiary alicyclic amines) is 1. The van der Waals surface area contributed by atoms with Crippen molar-refractivity contribution in [1.82, 2.24) is 14.5 Å². The molecule has 27 heavy (non-hydrogen) atoms. The summed E-state index contributed by atoms with van der Waals surface area (Å²) in [4.78, 5) is 19.8.